The van der Waals surface area contributed by atoms with Crippen molar-refractivity contribution in [2.45, 2.75) is 18.7 Å². The second kappa shape index (κ2) is 10.7. The van der Waals surface area contributed by atoms with Crippen LogP contribution in [0.5, 0.6) is 5.75 Å². The van der Waals surface area contributed by atoms with Crippen LogP contribution in [0.2, 0.25) is 0 Å². The van der Waals surface area contributed by atoms with Gasteiger partial charge in [0.05, 0.1) is 22.6 Å². The number of hydrogen-bond acceptors (Lipinski definition) is 8. The molecule has 0 aliphatic rings. The Morgan fingerprint density at radius 2 is 1.86 bits per heavy atom. The van der Waals surface area contributed by atoms with E-state index in [1.165, 1.54) is 6.92 Å². The summed E-state index contributed by atoms with van der Waals surface area (Å²) in [5.41, 5.74) is 2.30. The van der Waals surface area contributed by atoms with Crippen LogP contribution < -0.4 is 40.1 Å². The number of nitrogens with zero attached hydrogens (tertiary/aromatic N) is 2. The van der Waals surface area contributed by atoms with Gasteiger partial charge in [0.25, 0.3) is 0 Å². The fraction of sp³-hybridized carbons (Fsp3) is 0.105. The first-order valence-corrected chi connectivity index (χ1v) is 8.91. The molecule has 2 N–H and O–H groups in total. The molecule has 0 aromatic heterocycles. The molecule has 8 nitrogen and oxygen atoms in total. The minimum atomic E-state index is -0.230. The van der Waals surface area contributed by atoms with Crippen molar-refractivity contribution in [2.75, 3.05) is 5.32 Å². The summed E-state index contributed by atoms with van der Waals surface area (Å²) in [5.74, 6) is -0.399. The van der Waals surface area contributed by atoms with Crippen LogP contribution in [0.15, 0.2) is 63.7 Å². The molecule has 0 aliphatic heterocycles. The summed E-state index contributed by atoms with van der Waals surface area (Å²) in [6.45, 7) is 3.35. The van der Waals surface area contributed by atoms with E-state index in [1.807, 2.05) is 19.1 Å². The number of phenolic OH excluding ortho intramolecular Hbond substituents is 1. The number of anilines is 1. The number of carbonyl (C=O) groups is 1. The number of azo groups is 1. The van der Waals surface area contributed by atoms with Gasteiger partial charge in [-0.2, -0.15) is 9.45 Å². The molecule has 10 heteroatoms. The summed E-state index contributed by atoms with van der Waals surface area (Å²) in [6, 6.07) is 14.0. The standard InChI is InChI=1S/C19H17N3O5S.Na/c1-11-3-6-14(7-4-11)21-22-18-17(28-27-26-25)9-13-5-8-15(20-12(2)23)10-16(13)19(18)24;/h3-10,24-25H,1-2H3,(H,20,23);/q;+1/p-1. The second-order valence-corrected chi connectivity index (χ2v) is 6.69. The fourth-order valence-corrected chi connectivity index (χ4v) is 3.04. The van der Waals surface area contributed by atoms with Gasteiger partial charge in [-0.05, 0) is 42.6 Å². The van der Waals surface area contributed by atoms with E-state index in [-0.39, 0.29) is 46.9 Å². The predicted octanol–water partition coefficient (Wildman–Crippen LogP) is 1.46. The zero-order valence-electron chi connectivity index (χ0n) is 16.0. The summed E-state index contributed by atoms with van der Waals surface area (Å²) >= 11 is 0.610. The molecular weight excluding hydrogens is 405 g/mol. The molecule has 0 radical (unpaired) electrons. The zero-order valence-corrected chi connectivity index (χ0v) is 18.8. The van der Waals surface area contributed by atoms with Crippen molar-refractivity contribution in [1.29, 1.82) is 0 Å². The Hall–Kier alpha value is -1.98. The van der Waals surface area contributed by atoms with E-state index >= 15 is 0 Å². The topological polar surface area (TPSA) is 116 Å². The second-order valence-electron chi connectivity index (χ2n) is 5.94. The molecular formula is C19H16N3NaO5S. The maximum atomic E-state index is 11.3. The summed E-state index contributed by atoms with van der Waals surface area (Å²) in [7, 11) is 0. The number of amides is 1. The zero-order chi connectivity index (χ0) is 20.1. The number of fused-ring (bicyclic) bond motifs is 1. The van der Waals surface area contributed by atoms with Gasteiger partial charge in [-0.3, -0.25) is 9.83 Å². The molecule has 0 saturated heterocycles. The Morgan fingerprint density at radius 3 is 2.52 bits per heavy atom. The number of nitrogens with one attached hydrogen (secondary N) is 1. The van der Waals surface area contributed by atoms with E-state index in [9.17, 15) is 15.2 Å². The normalized spacial score (nSPS) is 10.9. The molecule has 3 aromatic carbocycles. The number of rotatable bonds is 6. The third-order valence-electron chi connectivity index (χ3n) is 3.82. The molecule has 29 heavy (non-hydrogen) atoms. The molecule has 0 aliphatic carbocycles. The first-order chi connectivity index (χ1) is 13.5. The third-order valence-corrected chi connectivity index (χ3v) is 4.44. The molecule has 0 atom stereocenters. The Kier molecular flexibility index (Phi) is 8.60. The fourth-order valence-electron chi connectivity index (χ4n) is 2.55. The number of phenols is 1. The quantitative estimate of drug-likeness (QED) is 0.205. The van der Waals surface area contributed by atoms with Crippen molar-refractivity contribution in [1.82, 2.24) is 0 Å². The minimum absolute atomic E-state index is 0. The third kappa shape index (κ3) is 6.00. The van der Waals surface area contributed by atoms with Gasteiger partial charge in [0, 0.05) is 18.0 Å². The number of benzene rings is 3. The summed E-state index contributed by atoms with van der Waals surface area (Å²) in [4.78, 5) is 11.6. The van der Waals surface area contributed by atoms with Crippen LogP contribution in [0.1, 0.15) is 12.5 Å². The van der Waals surface area contributed by atoms with Gasteiger partial charge >= 0.3 is 29.6 Å². The molecule has 0 unspecified atom stereocenters. The molecule has 144 valence electrons. The van der Waals surface area contributed by atoms with Crippen molar-refractivity contribution in [2.24, 2.45) is 10.2 Å². The van der Waals surface area contributed by atoms with Gasteiger partial charge in [0.1, 0.15) is 5.69 Å². The molecule has 3 aromatic rings. The van der Waals surface area contributed by atoms with Crippen LogP contribution >= 0.6 is 12.0 Å². The molecule has 0 spiro atoms. The minimum Gasteiger partial charge on any atom is -0.691 e. The van der Waals surface area contributed by atoms with E-state index in [4.69, 9.17) is 0 Å². The van der Waals surface area contributed by atoms with Crippen molar-refractivity contribution >= 4 is 45.8 Å². The molecule has 0 heterocycles. The van der Waals surface area contributed by atoms with Crippen LogP contribution in [0.3, 0.4) is 0 Å². The van der Waals surface area contributed by atoms with E-state index in [0.717, 1.165) is 5.56 Å². The van der Waals surface area contributed by atoms with Crippen LogP contribution in [-0.4, -0.2) is 11.0 Å². The van der Waals surface area contributed by atoms with Crippen LogP contribution in [0.4, 0.5) is 17.1 Å². The molecule has 0 saturated carbocycles. The summed E-state index contributed by atoms with van der Waals surface area (Å²) in [5, 5.41) is 36.4. The molecule has 0 bridgehead atoms. The maximum absolute atomic E-state index is 11.3. The monoisotopic (exact) mass is 421 g/mol. The average molecular weight is 421 g/mol. The van der Waals surface area contributed by atoms with E-state index in [1.54, 1.807) is 36.4 Å². The maximum Gasteiger partial charge on any atom is 1.00 e. The Balaban J connectivity index is 0.00000300. The van der Waals surface area contributed by atoms with Gasteiger partial charge in [0.15, 0.2) is 5.75 Å². The Labute approximate surface area is 193 Å². The number of aryl methyl sites for hydroxylation is 1. The first kappa shape index (κ1) is 23.3. The van der Waals surface area contributed by atoms with E-state index < -0.39 is 0 Å². The Bertz CT molecular complexity index is 1040. The number of hydrogen-bond donors (Lipinski definition) is 2. The van der Waals surface area contributed by atoms with Crippen molar-refractivity contribution in [3.05, 3.63) is 54.1 Å². The van der Waals surface area contributed by atoms with Crippen LogP contribution in [0, 0.1) is 6.92 Å². The Morgan fingerprint density at radius 1 is 1.14 bits per heavy atom. The molecule has 1 amide bonds. The van der Waals surface area contributed by atoms with Crippen molar-refractivity contribution in [3.63, 3.8) is 0 Å². The SMILES string of the molecule is CC(=O)Nc1ccc2cc(SOO[O-])c(N=Nc3ccc(C)cc3)c(O)c2c1.[Na+]. The van der Waals surface area contributed by atoms with Crippen LogP contribution in [-0.2, 0) is 14.2 Å². The van der Waals surface area contributed by atoms with Crippen LogP contribution in [0.25, 0.3) is 10.8 Å². The van der Waals surface area contributed by atoms with Gasteiger partial charge in [-0.15, -0.1) is 5.11 Å². The first-order valence-electron chi connectivity index (χ1n) is 8.17. The van der Waals surface area contributed by atoms with Crippen molar-refractivity contribution < 1.29 is 54.1 Å². The number of carbonyl (C=O) groups excluding carboxylic acids is 1. The van der Waals surface area contributed by atoms with Gasteiger partial charge < -0.3 is 15.7 Å². The van der Waals surface area contributed by atoms with E-state index in [0.29, 0.717) is 39.1 Å². The molecule has 3 rings (SSSR count). The van der Waals surface area contributed by atoms with E-state index in [2.05, 4.69) is 24.9 Å². The molecule has 0 fully saturated rings. The van der Waals surface area contributed by atoms with Gasteiger partial charge in [-0.1, -0.05) is 23.8 Å². The van der Waals surface area contributed by atoms with Crippen molar-refractivity contribution in [3.8, 4) is 5.75 Å². The summed E-state index contributed by atoms with van der Waals surface area (Å²) < 4.78 is 4.40. The number of aromatic hydroxyl groups is 1. The predicted molar refractivity (Wildman–Crippen MR) is 103 cm³/mol. The van der Waals surface area contributed by atoms with Gasteiger partial charge in [0.2, 0.25) is 5.91 Å². The smallest absolute Gasteiger partial charge is 0.691 e. The summed E-state index contributed by atoms with van der Waals surface area (Å²) in [6.07, 6.45) is 0. The van der Waals surface area contributed by atoms with Gasteiger partial charge in [-0.25, -0.2) is 0 Å². The largest absolute Gasteiger partial charge is 1.00 e. The average Bonchev–Trinajstić information content (AvgIpc) is 2.67.